The molecule has 0 radical (unpaired) electrons. The molecule has 2 fully saturated rings. The molecular weight excluding hydrogens is 196 g/mol. The molecule has 1 aromatic carbocycles. The number of benzene rings is 1. The zero-order valence-electron chi connectivity index (χ0n) is 9.68. The van der Waals surface area contributed by atoms with Crippen LogP contribution in [0.4, 0.5) is 0 Å². The lowest BCUT2D eigenvalue weighted by molar-refractivity contribution is 0.214. The molecule has 1 aliphatic heterocycles. The Kier molecular flexibility index (Phi) is 2.70. The zero-order chi connectivity index (χ0) is 11.0. The summed E-state index contributed by atoms with van der Waals surface area (Å²) in [6.45, 7) is 2.26. The van der Waals surface area contributed by atoms with Gasteiger partial charge >= 0.3 is 0 Å². The average Bonchev–Trinajstić information content (AvgIpc) is 3.07. The SMILES string of the molecule is NC1CCN(Cc2ccccc2)C1C1CC1. The predicted octanol–water partition coefficient (Wildman–Crippen LogP) is 2.00. The van der Waals surface area contributed by atoms with E-state index in [2.05, 4.69) is 35.2 Å². The van der Waals surface area contributed by atoms with Crippen molar-refractivity contribution in [2.24, 2.45) is 11.7 Å². The fourth-order valence-electron chi connectivity index (χ4n) is 2.99. The molecule has 1 heterocycles. The van der Waals surface area contributed by atoms with Gasteiger partial charge in [-0.25, -0.2) is 0 Å². The molecule has 0 aromatic heterocycles. The van der Waals surface area contributed by atoms with Crippen LogP contribution in [0, 0.1) is 5.92 Å². The third-order valence-corrected chi connectivity index (χ3v) is 3.94. The van der Waals surface area contributed by atoms with E-state index < -0.39 is 0 Å². The summed E-state index contributed by atoms with van der Waals surface area (Å²) >= 11 is 0. The van der Waals surface area contributed by atoms with Crippen molar-refractivity contribution in [2.75, 3.05) is 6.54 Å². The van der Waals surface area contributed by atoms with E-state index in [1.54, 1.807) is 0 Å². The molecule has 0 spiro atoms. The lowest BCUT2D eigenvalue weighted by atomic mass is 10.1. The summed E-state index contributed by atoms with van der Waals surface area (Å²) in [6, 6.07) is 11.8. The molecule has 2 atom stereocenters. The second-order valence-electron chi connectivity index (χ2n) is 5.24. The van der Waals surface area contributed by atoms with Crippen molar-refractivity contribution in [3.8, 4) is 0 Å². The van der Waals surface area contributed by atoms with Crippen LogP contribution in [-0.4, -0.2) is 23.5 Å². The Hall–Kier alpha value is -0.860. The van der Waals surface area contributed by atoms with E-state index in [0.29, 0.717) is 12.1 Å². The molecule has 16 heavy (non-hydrogen) atoms. The Labute approximate surface area is 97.4 Å². The first-order valence-corrected chi connectivity index (χ1v) is 6.38. The quantitative estimate of drug-likeness (QED) is 0.837. The zero-order valence-corrected chi connectivity index (χ0v) is 9.68. The smallest absolute Gasteiger partial charge is 0.0279 e. The van der Waals surface area contributed by atoms with E-state index >= 15 is 0 Å². The Balaban J connectivity index is 1.70. The molecule has 0 amide bonds. The summed E-state index contributed by atoms with van der Waals surface area (Å²) in [5, 5.41) is 0. The largest absolute Gasteiger partial charge is 0.326 e. The Morgan fingerprint density at radius 1 is 1.12 bits per heavy atom. The fraction of sp³-hybridized carbons (Fsp3) is 0.571. The first kappa shape index (κ1) is 10.3. The van der Waals surface area contributed by atoms with Crippen molar-refractivity contribution in [1.82, 2.24) is 4.90 Å². The van der Waals surface area contributed by atoms with Crippen LogP contribution < -0.4 is 5.73 Å². The summed E-state index contributed by atoms with van der Waals surface area (Å²) in [6.07, 6.45) is 3.96. The Morgan fingerprint density at radius 2 is 1.88 bits per heavy atom. The topological polar surface area (TPSA) is 29.3 Å². The number of hydrogen-bond donors (Lipinski definition) is 1. The molecule has 3 rings (SSSR count). The minimum atomic E-state index is 0.413. The predicted molar refractivity (Wildman–Crippen MR) is 66.0 cm³/mol. The van der Waals surface area contributed by atoms with Crippen LogP contribution in [0.3, 0.4) is 0 Å². The highest BCUT2D eigenvalue weighted by molar-refractivity contribution is 5.15. The van der Waals surface area contributed by atoms with Gasteiger partial charge in [-0.3, -0.25) is 4.90 Å². The molecule has 2 N–H and O–H groups in total. The van der Waals surface area contributed by atoms with Gasteiger partial charge in [0.2, 0.25) is 0 Å². The molecule has 0 bridgehead atoms. The van der Waals surface area contributed by atoms with Gasteiger partial charge in [-0.1, -0.05) is 30.3 Å². The fourth-order valence-corrected chi connectivity index (χ4v) is 2.99. The lowest BCUT2D eigenvalue weighted by Crippen LogP contribution is -2.40. The number of rotatable bonds is 3. The molecule has 1 saturated heterocycles. The van der Waals surface area contributed by atoms with Crippen molar-refractivity contribution >= 4 is 0 Å². The van der Waals surface area contributed by atoms with E-state index in [-0.39, 0.29) is 0 Å². The maximum Gasteiger partial charge on any atom is 0.0279 e. The molecule has 1 aliphatic carbocycles. The Bertz CT molecular complexity index is 345. The summed E-state index contributed by atoms with van der Waals surface area (Å²) in [7, 11) is 0. The number of hydrogen-bond acceptors (Lipinski definition) is 2. The maximum absolute atomic E-state index is 6.22. The van der Waals surface area contributed by atoms with Crippen molar-refractivity contribution in [2.45, 2.75) is 37.9 Å². The van der Waals surface area contributed by atoms with Gasteiger partial charge in [0.15, 0.2) is 0 Å². The van der Waals surface area contributed by atoms with E-state index in [1.165, 1.54) is 31.4 Å². The van der Waals surface area contributed by atoms with Crippen molar-refractivity contribution in [1.29, 1.82) is 0 Å². The molecule has 2 aliphatic rings. The third-order valence-electron chi connectivity index (χ3n) is 3.94. The van der Waals surface area contributed by atoms with Gasteiger partial charge < -0.3 is 5.73 Å². The highest BCUT2D eigenvalue weighted by atomic mass is 15.2. The second-order valence-corrected chi connectivity index (χ2v) is 5.24. The maximum atomic E-state index is 6.22. The molecule has 1 saturated carbocycles. The van der Waals surface area contributed by atoms with Gasteiger partial charge in [0.05, 0.1) is 0 Å². The third kappa shape index (κ3) is 2.00. The first-order chi connectivity index (χ1) is 7.84. The normalized spacial score (nSPS) is 30.8. The van der Waals surface area contributed by atoms with E-state index in [0.717, 1.165) is 12.5 Å². The number of nitrogens with zero attached hydrogens (tertiary/aromatic N) is 1. The summed E-state index contributed by atoms with van der Waals surface area (Å²) < 4.78 is 0. The van der Waals surface area contributed by atoms with Crippen LogP contribution in [-0.2, 0) is 6.54 Å². The molecule has 2 unspecified atom stereocenters. The van der Waals surface area contributed by atoms with Crippen LogP contribution >= 0.6 is 0 Å². The van der Waals surface area contributed by atoms with Crippen LogP contribution in [0.1, 0.15) is 24.8 Å². The molecule has 2 heteroatoms. The van der Waals surface area contributed by atoms with Crippen molar-refractivity contribution in [3.05, 3.63) is 35.9 Å². The van der Waals surface area contributed by atoms with E-state index in [9.17, 15) is 0 Å². The van der Waals surface area contributed by atoms with Gasteiger partial charge in [-0.15, -0.1) is 0 Å². The van der Waals surface area contributed by atoms with Crippen molar-refractivity contribution in [3.63, 3.8) is 0 Å². The van der Waals surface area contributed by atoms with E-state index in [4.69, 9.17) is 5.73 Å². The summed E-state index contributed by atoms with van der Waals surface area (Å²) in [5.41, 5.74) is 7.64. The van der Waals surface area contributed by atoms with Crippen LogP contribution in [0.25, 0.3) is 0 Å². The standard InChI is InChI=1S/C14H20N2/c15-13-8-9-16(14(13)12-6-7-12)10-11-4-2-1-3-5-11/h1-5,12-14H,6-10,15H2. The summed E-state index contributed by atoms with van der Waals surface area (Å²) in [5.74, 6) is 0.890. The Morgan fingerprint density at radius 3 is 2.56 bits per heavy atom. The molecule has 86 valence electrons. The van der Waals surface area contributed by atoms with Crippen LogP contribution in [0.2, 0.25) is 0 Å². The summed E-state index contributed by atoms with van der Waals surface area (Å²) in [4.78, 5) is 2.59. The molecule has 2 nitrogen and oxygen atoms in total. The highest BCUT2D eigenvalue weighted by Gasteiger charge is 2.42. The first-order valence-electron chi connectivity index (χ1n) is 6.38. The van der Waals surface area contributed by atoms with E-state index in [1.807, 2.05) is 0 Å². The van der Waals surface area contributed by atoms with Crippen LogP contribution in [0.15, 0.2) is 30.3 Å². The van der Waals surface area contributed by atoms with Gasteiger partial charge in [-0.05, 0) is 30.7 Å². The average molecular weight is 216 g/mol. The molecular formula is C14H20N2. The monoisotopic (exact) mass is 216 g/mol. The van der Waals surface area contributed by atoms with Gasteiger partial charge in [0, 0.05) is 25.2 Å². The minimum absolute atomic E-state index is 0.413. The second kappa shape index (κ2) is 4.19. The van der Waals surface area contributed by atoms with Gasteiger partial charge in [0.1, 0.15) is 0 Å². The highest BCUT2D eigenvalue weighted by Crippen LogP contribution is 2.40. The van der Waals surface area contributed by atoms with Crippen LogP contribution in [0.5, 0.6) is 0 Å². The minimum Gasteiger partial charge on any atom is -0.326 e. The van der Waals surface area contributed by atoms with Gasteiger partial charge in [-0.2, -0.15) is 0 Å². The molecule has 1 aromatic rings. The van der Waals surface area contributed by atoms with Crippen molar-refractivity contribution < 1.29 is 0 Å². The van der Waals surface area contributed by atoms with Gasteiger partial charge in [0.25, 0.3) is 0 Å². The lowest BCUT2D eigenvalue weighted by Gasteiger charge is -2.26. The number of nitrogens with two attached hydrogens (primary N) is 1. The number of likely N-dealkylation sites (tertiary alicyclic amines) is 1.